The summed E-state index contributed by atoms with van der Waals surface area (Å²) in [7, 11) is -3.67. The number of rotatable bonds is 4. The van der Waals surface area contributed by atoms with Crippen molar-refractivity contribution in [3.63, 3.8) is 0 Å². The van der Waals surface area contributed by atoms with Crippen LogP contribution >= 0.6 is 0 Å². The first-order valence-electron chi connectivity index (χ1n) is 8.84. The van der Waals surface area contributed by atoms with Crippen LogP contribution in [0.4, 0.5) is 11.4 Å². The minimum Gasteiger partial charge on any atom is -0.372 e. The molecule has 2 heterocycles. The topological polar surface area (TPSA) is 62.3 Å². The van der Waals surface area contributed by atoms with Gasteiger partial charge in [-0.05, 0) is 55.7 Å². The molecule has 4 rings (SSSR count). The van der Waals surface area contributed by atoms with Crippen molar-refractivity contribution in [2.75, 3.05) is 22.7 Å². The van der Waals surface area contributed by atoms with Crippen LogP contribution in [-0.2, 0) is 10.0 Å². The minimum atomic E-state index is -3.67. The quantitative estimate of drug-likeness (QED) is 0.756. The summed E-state index contributed by atoms with van der Waals surface area (Å²) >= 11 is 0. The fourth-order valence-corrected chi connectivity index (χ4v) is 4.72. The van der Waals surface area contributed by atoms with E-state index in [0.29, 0.717) is 11.1 Å². The Morgan fingerprint density at radius 2 is 1.69 bits per heavy atom. The molecule has 0 saturated carbocycles. The first-order valence-corrected chi connectivity index (χ1v) is 10.3. The summed E-state index contributed by atoms with van der Waals surface area (Å²) in [6.45, 7) is 2.13. The molecular formula is C20H21N3O2S. The van der Waals surface area contributed by atoms with Gasteiger partial charge in [-0.25, -0.2) is 8.42 Å². The Morgan fingerprint density at radius 3 is 2.46 bits per heavy atom. The Kier molecular flexibility index (Phi) is 4.51. The number of hydrogen-bond donors (Lipinski definition) is 1. The van der Waals surface area contributed by atoms with Crippen LogP contribution in [-0.4, -0.2) is 26.5 Å². The molecule has 1 aromatic heterocycles. The van der Waals surface area contributed by atoms with E-state index < -0.39 is 10.0 Å². The lowest BCUT2D eigenvalue weighted by Gasteiger charge is -2.28. The molecule has 0 spiro atoms. The normalized spacial score (nSPS) is 15.2. The lowest BCUT2D eigenvalue weighted by molar-refractivity contribution is 0.578. The minimum absolute atomic E-state index is 0.262. The predicted octanol–water partition coefficient (Wildman–Crippen LogP) is 4.03. The third-order valence-electron chi connectivity index (χ3n) is 4.77. The van der Waals surface area contributed by atoms with E-state index in [-0.39, 0.29) is 4.90 Å². The number of nitrogens with zero attached hydrogens (tertiary/aromatic N) is 2. The number of fused-ring (bicyclic) bond motifs is 1. The maximum absolute atomic E-state index is 12.9. The van der Waals surface area contributed by atoms with Gasteiger partial charge in [-0.1, -0.05) is 12.1 Å². The number of anilines is 2. The first kappa shape index (κ1) is 16.8. The molecule has 0 aliphatic carbocycles. The number of hydrogen-bond acceptors (Lipinski definition) is 4. The molecule has 1 aliphatic heterocycles. The molecule has 5 nitrogen and oxygen atoms in total. The van der Waals surface area contributed by atoms with Gasteiger partial charge in [0, 0.05) is 47.6 Å². The number of nitrogens with one attached hydrogen (secondary N) is 1. The third-order valence-corrected chi connectivity index (χ3v) is 6.21. The summed E-state index contributed by atoms with van der Waals surface area (Å²) in [6.07, 6.45) is 6.99. The number of piperidine rings is 1. The van der Waals surface area contributed by atoms with Gasteiger partial charge in [0.2, 0.25) is 0 Å². The van der Waals surface area contributed by atoms with Crippen molar-refractivity contribution in [2.45, 2.75) is 24.2 Å². The van der Waals surface area contributed by atoms with E-state index in [0.717, 1.165) is 24.2 Å². The van der Waals surface area contributed by atoms with Gasteiger partial charge in [0.15, 0.2) is 0 Å². The number of sulfonamides is 1. The second-order valence-corrected chi connectivity index (χ2v) is 8.20. The molecule has 1 saturated heterocycles. The van der Waals surface area contributed by atoms with Crippen molar-refractivity contribution in [1.29, 1.82) is 0 Å². The van der Waals surface area contributed by atoms with Crippen molar-refractivity contribution in [2.24, 2.45) is 0 Å². The lowest BCUT2D eigenvalue weighted by Crippen LogP contribution is -2.29. The lowest BCUT2D eigenvalue weighted by atomic mass is 10.1. The van der Waals surface area contributed by atoms with Crippen molar-refractivity contribution >= 4 is 32.2 Å². The zero-order valence-corrected chi connectivity index (χ0v) is 15.2. The molecule has 0 atom stereocenters. The zero-order chi connectivity index (χ0) is 18.0. The highest BCUT2D eigenvalue weighted by atomic mass is 32.2. The Balaban J connectivity index is 1.59. The summed E-state index contributed by atoms with van der Waals surface area (Å²) in [4.78, 5) is 6.66. The molecule has 2 aromatic carbocycles. The van der Waals surface area contributed by atoms with Crippen molar-refractivity contribution in [1.82, 2.24) is 4.98 Å². The van der Waals surface area contributed by atoms with Gasteiger partial charge < -0.3 is 4.90 Å². The van der Waals surface area contributed by atoms with E-state index in [1.807, 2.05) is 30.3 Å². The standard InChI is InChI=1S/C20H21N3O2S/c24-26(25,20-6-4-5-16-15-21-12-11-19(16)20)22-17-7-9-18(10-8-17)23-13-2-1-3-14-23/h4-12,15,22H,1-3,13-14H2. The van der Waals surface area contributed by atoms with Gasteiger partial charge in [-0.15, -0.1) is 0 Å². The van der Waals surface area contributed by atoms with Gasteiger partial charge >= 0.3 is 0 Å². The van der Waals surface area contributed by atoms with Crippen LogP contribution in [0, 0.1) is 0 Å². The highest BCUT2D eigenvalue weighted by molar-refractivity contribution is 7.93. The average molecular weight is 367 g/mol. The molecule has 1 fully saturated rings. The summed E-state index contributed by atoms with van der Waals surface area (Å²) in [5, 5.41) is 1.47. The summed E-state index contributed by atoms with van der Waals surface area (Å²) in [6, 6.07) is 14.6. The second-order valence-electron chi connectivity index (χ2n) is 6.55. The van der Waals surface area contributed by atoms with Gasteiger partial charge in [-0.3, -0.25) is 9.71 Å². The average Bonchev–Trinajstić information content (AvgIpc) is 2.68. The van der Waals surface area contributed by atoms with Crippen LogP contribution in [0.2, 0.25) is 0 Å². The summed E-state index contributed by atoms with van der Waals surface area (Å²) in [5.74, 6) is 0. The van der Waals surface area contributed by atoms with Gasteiger partial charge in [0.25, 0.3) is 10.0 Å². The van der Waals surface area contributed by atoms with Crippen LogP contribution in [0.1, 0.15) is 19.3 Å². The monoisotopic (exact) mass is 367 g/mol. The van der Waals surface area contributed by atoms with Crippen LogP contribution in [0.3, 0.4) is 0 Å². The fourth-order valence-electron chi connectivity index (χ4n) is 3.43. The van der Waals surface area contributed by atoms with E-state index in [9.17, 15) is 8.42 Å². The molecular weight excluding hydrogens is 346 g/mol. The Morgan fingerprint density at radius 1 is 0.923 bits per heavy atom. The largest absolute Gasteiger partial charge is 0.372 e. The highest BCUT2D eigenvalue weighted by Gasteiger charge is 2.18. The Labute approximate surface area is 153 Å². The number of pyridine rings is 1. The molecule has 26 heavy (non-hydrogen) atoms. The zero-order valence-electron chi connectivity index (χ0n) is 14.4. The first-order chi connectivity index (χ1) is 12.6. The Hall–Kier alpha value is -2.60. The van der Waals surface area contributed by atoms with Crippen molar-refractivity contribution in [3.8, 4) is 0 Å². The summed E-state index contributed by atoms with van der Waals surface area (Å²) in [5.41, 5.74) is 1.71. The number of aromatic nitrogens is 1. The van der Waals surface area contributed by atoms with Crippen molar-refractivity contribution < 1.29 is 8.42 Å². The van der Waals surface area contributed by atoms with Gasteiger partial charge in [-0.2, -0.15) is 0 Å². The van der Waals surface area contributed by atoms with E-state index in [1.165, 1.54) is 19.3 Å². The number of benzene rings is 2. The van der Waals surface area contributed by atoms with Crippen LogP contribution in [0.5, 0.6) is 0 Å². The molecule has 0 radical (unpaired) electrons. The summed E-state index contributed by atoms with van der Waals surface area (Å²) < 4.78 is 28.4. The smallest absolute Gasteiger partial charge is 0.262 e. The van der Waals surface area contributed by atoms with Crippen LogP contribution < -0.4 is 9.62 Å². The molecule has 1 N–H and O–H groups in total. The molecule has 1 aliphatic rings. The molecule has 0 unspecified atom stereocenters. The maximum atomic E-state index is 12.9. The van der Waals surface area contributed by atoms with Gasteiger partial charge in [0.05, 0.1) is 4.90 Å². The predicted molar refractivity (Wildman–Crippen MR) is 105 cm³/mol. The highest BCUT2D eigenvalue weighted by Crippen LogP contribution is 2.26. The third kappa shape index (κ3) is 3.37. The van der Waals surface area contributed by atoms with Crippen LogP contribution in [0.25, 0.3) is 10.8 Å². The van der Waals surface area contributed by atoms with E-state index in [1.54, 1.807) is 30.6 Å². The molecule has 6 heteroatoms. The Bertz CT molecular complexity index is 1010. The maximum Gasteiger partial charge on any atom is 0.262 e. The SMILES string of the molecule is O=S(=O)(Nc1ccc(N2CCCCC2)cc1)c1cccc2cnccc12. The fraction of sp³-hybridized carbons (Fsp3) is 0.250. The van der Waals surface area contributed by atoms with E-state index in [4.69, 9.17) is 0 Å². The molecule has 134 valence electrons. The van der Waals surface area contributed by atoms with E-state index in [2.05, 4.69) is 14.6 Å². The van der Waals surface area contributed by atoms with Gasteiger partial charge in [0.1, 0.15) is 0 Å². The molecule has 0 amide bonds. The van der Waals surface area contributed by atoms with E-state index >= 15 is 0 Å². The molecule has 3 aromatic rings. The molecule has 0 bridgehead atoms. The van der Waals surface area contributed by atoms with Crippen molar-refractivity contribution in [3.05, 3.63) is 60.9 Å². The van der Waals surface area contributed by atoms with Crippen LogP contribution in [0.15, 0.2) is 65.8 Å². The second kappa shape index (κ2) is 6.96.